The van der Waals surface area contributed by atoms with Crippen molar-refractivity contribution in [2.45, 2.75) is 31.0 Å². The van der Waals surface area contributed by atoms with Crippen molar-refractivity contribution in [2.75, 3.05) is 6.61 Å². The van der Waals surface area contributed by atoms with Gasteiger partial charge in [0.1, 0.15) is 6.07 Å². The molecule has 0 aliphatic heterocycles. The number of para-hydroxylation sites is 2. The summed E-state index contributed by atoms with van der Waals surface area (Å²) in [6.07, 6.45) is 0. The fraction of sp³-hybridized carbons (Fsp3) is 0.263. The number of esters is 1. The van der Waals surface area contributed by atoms with E-state index >= 15 is 0 Å². The Labute approximate surface area is 154 Å². The molecule has 0 amide bonds. The van der Waals surface area contributed by atoms with Crippen LogP contribution in [0.2, 0.25) is 0 Å². The molecule has 0 aliphatic carbocycles. The van der Waals surface area contributed by atoms with Gasteiger partial charge in [-0.05, 0) is 44.5 Å². The van der Waals surface area contributed by atoms with Crippen LogP contribution in [0.4, 0.5) is 0 Å². The van der Waals surface area contributed by atoms with Crippen molar-refractivity contribution >= 4 is 40.2 Å². The summed E-state index contributed by atoms with van der Waals surface area (Å²) in [6.45, 7) is 5.09. The molecule has 0 bridgehead atoms. The number of fused-ring (bicyclic) bond motifs is 3. The van der Waals surface area contributed by atoms with Gasteiger partial charge in [-0.15, -0.1) is 0 Å². The van der Waals surface area contributed by atoms with Gasteiger partial charge in [0.2, 0.25) is 0 Å². The number of ether oxygens (including phenoxy) is 1. The predicted molar refractivity (Wildman–Crippen MR) is 99.1 cm³/mol. The number of nitriles is 1. The molecule has 3 aromatic rings. The van der Waals surface area contributed by atoms with E-state index in [2.05, 4.69) is 11.1 Å². The van der Waals surface area contributed by atoms with E-state index in [0.717, 1.165) is 28.4 Å². The molecule has 1 atom stereocenters. The summed E-state index contributed by atoms with van der Waals surface area (Å²) in [5.41, 5.74) is 3.28. The molecule has 0 spiro atoms. The van der Waals surface area contributed by atoms with Crippen LogP contribution in [0.1, 0.15) is 25.0 Å². The zero-order chi connectivity index (χ0) is 18.8. The van der Waals surface area contributed by atoms with E-state index in [4.69, 9.17) is 4.74 Å². The molecular weight excluding hydrogens is 350 g/mol. The maximum atomic E-state index is 12.2. The summed E-state index contributed by atoms with van der Waals surface area (Å²) in [5, 5.41) is 9.22. The average Bonchev–Trinajstić information content (AvgIpc) is 2.98. The molecule has 132 valence electrons. The van der Waals surface area contributed by atoms with Crippen LogP contribution < -0.4 is 0 Å². The third-order valence-corrected chi connectivity index (χ3v) is 5.26. The Balaban J connectivity index is 2.24. The van der Waals surface area contributed by atoms with E-state index < -0.39 is 11.2 Å². The molecule has 2 aromatic heterocycles. The molecule has 3 rings (SSSR count). The number of aromatic nitrogens is 2. The Morgan fingerprint density at radius 2 is 2.12 bits per heavy atom. The van der Waals surface area contributed by atoms with E-state index in [1.165, 1.54) is 6.92 Å². The minimum absolute atomic E-state index is 0.207. The van der Waals surface area contributed by atoms with Gasteiger partial charge in [-0.2, -0.15) is 5.26 Å². The van der Waals surface area contributed by atoms with Crippen molar-refractivity contribution < 1.29 is 14.3 Å². The molecule has 26 heavy (non-hydrogen) atoms. The van der Waals surface area contributed by atoms with Crippen LogP contribution >= 0.6 is 11.8 Å². The lowest BCUT2D eigenvalue weighted by Gasteiger charge is -2.15. The van der Waals surface area contributed by atoms with Gasteiger partial charge < -0.3 is 4.74 Å². The number of aryl methyl sites for hydroxylation is 1. The molecule has 0 aliphatic rings. The van der Waals surface area contributed by atoms with Crippen LogP contribution in [0, 0.1) is 18.3 Å². The Kier molecular flexibility index (Phi) is 4.96. The fourth-order valence-electron chi connectivity index (χ4n) is 2.78. The Morgan fingerprint density at radius 1 is 1.38 bits per heavy atom. The van der Waals surface area contributed by atoms with E-state index in [0.29, 0.717) is 16.2 Å². The minimum Gasteiger partial charge on any atom is -0.465 e. The molecule has 0 fully saturated rings. The summed E-state index contributed by atoms with van der Waals surface area (Å²) in [5.74, 6) is -0.849. The fourth-order valence-corrected chi connectivity index (χ4v) is 3.88. The van der Waals surface area contributed by atoms with Crippen LogP contribution in [0.25, 0.3) is 16.7 Å². The molecule has 6 nitrogen and oxygen atoms in total. The number of carbonyl (C=O) groups excluding carboxylic acids is 2. The maximum Gasteiger partial charge on any atom is 0.327 e. The summed E-state index contributed by atoms with van der Waals surface area (Å²) < 4.78 is 6.86. The minimum atomic E-state index is -0.966. The molecule has 0 saturated heterocycles. The van der Waals surface area contributed by atoms with Crippen molar-refractivity contribution in [3.8, 4) is 6.07 Å². The number of hydrogen-bond acceptors (Lipinski definition) is 6. The largest absolute Gasteiger partial charge is 0.465 e. The van der Waals surface area contributed by atoms with Gasteiger partial charge in [0, 0.05) is 0 Å². The Bertz CT molecular complexity index is 1070. The van der Waals surface area contributed by atoms with E-state index in [9.17, 15) is 14.9 Å². The van der Waals surface area contributed by atoms with Crippen LogP contribution in [-0.2, 0) is 14.3 Å². The quantitative estimate of drug-likeness (QED) is 0.391. The van der Waals surface area contributed by atoms with Crippen molar-refractivity contribution in [1.82, 2.24) is 9.38 Å². The molecule has 1 aromatic carbocycles. The van der Waals surface area contributed by atoms with Crippen LogP contribution in [0.3, 0.4) is 0 Å². The number of hydrogen-bond donors (Lipinski definition) is 0. The van der Waals surface area contributed by atoms with Crippen molar-refractivity contribution in [2.24, 2.45) is 0 Å². The van der Waals surface area contributed by atoms with Gasteiger partial charge in [-0.25, -0.2) is 4.98 Å². The SMILES string of the molecule is CCOC(=O)[C@H](Sc1cc(C)c(C#N)c2nc3ccccc3n12)C(C)=O. The van der Waals surface area contributed by atoms with Crippen LogP contribution in [-0.4, -0.2) is 33.0 Å². The Morgan fingerprint density at radius 3 is 2.77 bits per heavy atom. The number of pyridine rings is 1. The third kappa shape index (κ3) is 3.04. The number of Topliss-reactive ketones (excluding diaryl/α,β-unsaturated/α-hetero) is 1. The Hall–Kier alpha value is -2.85. The summed E-state index contributed by atoms with van der Waals surface area (Å²) in [6, 6.07) is 11.5. The number of ketones is 1. The number of nitrogens with zero attached hydrogens (tertiary/aromatic N) is 3. The van der Waals surface area contributed by atoms with E-state index in [1.807, 2.05) is 35.6 Å². The molecular formula is C19H17N3O3S. The highest BCUT2D eigenvalue weighted by Crippen LogP contribution is 2.32. The van der Waals surface area contributed by atoms with Crippen molar-refractivity contribution in [3.63, 3.8) is 0 Å². The smallest absolute Gasteiger partial charge is 0.327 e. The zero-order valence-electron chi connectivity index (χ0n) is 14.6. The first-order valence-electron chi connectivity index (χ1n) is 8.12. The van der Waals surface area contributed by atoms with Crippen molar-refractivity contribution in [3.05, 3.63) is 41.5 Å². The molecule has 2 heterocycles. The summed E-state index contributed by atoms with van der Waals surface area (Å²) in [7, 11) is 0. The number of imidazole rings is 1. The number of rotatable bonds is 5. The lowest BCUT2D eigenvalue weighted by Crippen LogP contribution is -2.27. The topological polar surface area (TPSA) is 84.5 Å². The van der Waals surface area contributed by atoms with Gasteiger partial charge in [-0.3, -0.25) is 14.0 Å². The normalized spacial score (nSPS) is 12.1. The third-order valence-electron chi connectivity index (χ3n) is 3.96. The second kappa shape index (κ2) is 7.18. The predicted octanol–water partition coefficient (Wildman–Crippen LogP) is 3.28. The average molecular weight is 367 g/mol. The van der Waals surface area contributed by atoms with E-state index in [-0.39, 0.29) is 12.4 Å². The van der Waals surface area contributed by atoms with Crippen LogP contribution in [0.15, 0.2) is 35.4 Å². The highest BCUT2D eigenvalue weighted by molar-refractivity contribution is 8.01. The summed E-state index contributed by atoms with van der Waals surface area (Å²) in [4.78, 5) is 28.8. The highest BCUT2D eigenvalue weighted by Gasteiger charge is 2.28. The monoisotopic (exact) mass is 367 g/mol. The lowest BCUT2D eigenvalue weighted by atomic mass is 10.2. The first kappa shape index (κ1) is 18.0. The molecule has 0 N–H and O–H groups in total. The zero-order valence-corrected chi connectivity index (χ0v) is 15.5. The first-order valence-corrected chi connectivity index (χ1v) is 9.00. The van der Waals surface area contributed by atoms with Gasteiger partial charge in [-0.1, -0.05) is 23.9 Å². The number of thioether (sulfide) groups is 1. The molecule has 0 saturated carbocycles. The summed E-state index contributed by atoms with van der Waals surface area (Å²) >= 11 is 1.12. The number of benzene rings is 1. The first-order chi connectivity index (χ1) is 12.5. The van der Waals surface area contributed by atoms with Gasteiger partial charge >= 0.3 is 5.97 Å². The van der Waals surface area contributed by atoms with E-state index in [1.54, 1.807) is 13.0 Å². The second-order valence-electron chi connectivity index (χ2n) is 5.77. The van der Waals surface area contributed by atoms with Gasteiger partial charge in [0.15, 0.2) is 16.7 Å². The van der Waals surface area contributed by atoms with Crippen LogP contribution in [0.5, 0.6) is 0 Å². The highest BCUT2D eigenvalue weighted by atomic mass is 32.2. The second-order valence-corrected chi connectivity index (χ2v) is 6.90. The maximum absolute atomic E-state index is 12.2. The van der Waals surface area contributed by atoms with Crippen molar-refractivity contribution in [1.29, 1.82) is 5.26 Å². The molecule has 7 heteroatoms. The van der Waals surface area contributed by atoms with Gasteiger partial charge in [0.25, 0.3) is 0 Å². The standard InChI is InChI=1S/C19H17N3O3S/c1-4-25-19(24)17(12(3)23)26-16-9-11(2)13(10-20)18-21-14-7-5-6-8-15(14)22(16)18/h5-9,17H,4H2,1-3H3/t17-/m1/s1. The molecule has 0 radical (unpaired) electrons. The molecule has 0 unspecified atom stereocenters. The lowest BCUT2D eigenvalue weighted by molar-refractivity contribution is -0.144. The van der Waals surface area contributed by atoms with Gasteiger partial charge in [0.05, 0.1) is 28.2 Å². The number of carbonyl (C=O) groups is 2.